The van der Waals surface area contributed by atoms with E-state index in [4.69, 9.17) is 0 Å². The van der Waals surface area contributed by atoms with Gasteiger partial charge in [-0.25, -0.2) is 0 Å². The summed E-state index contributed by atoms with van der Waals surface area (Å²) < 4.78 is 0. The Labute approximate surface area is 115 Å². The number of anilines is 1. The lowest BCUT2D eigenvalue weighted by atomic mass is 9.89. The van der Waals surface area contributed by atoms with Crippen LogP contribution in [0.1, 0.15) is 18.1 Å². The Morgan fingerprint density at radius 2 is 1.53 bits per heavy atom. The molecule has 0 aromatic heterocycles. The van der Waals surface area contributed by atoms with Crippen molar-refractivity contribution < 1.29 is 5.11 Å². The van der Waals surface area contributed by atoms with Crippen LogP contribution in [-0.4, -0.2) is 19.2 Å². The molecule has 0 saturated heterocycles. The average molecular weight is 255 g/mol. The molecule has 1 unspecified atom stereocenters. The molecule has 0 aliphatic heterocycles. The third kappa shape index (κ3) is 3.36. The van der Waals surface area contributed by atoms with E-state index in [1.807, 2.05) is 51.4 Å². The van der Waals surface area contributed by atoms with Gasteiger partial charge in [-0.1, -0.05) is 42.5 Å². The van der Waals surface area contributed by atoms with Crippen molar-refractivity contribution in [1.29, 1.82) is 0 Å². The normalized spacial score (nSPS) is 13.9. The van der Waals surface area contributed by atoms with Gasteiger partial charge in [-0.2, -0.15) is 0 Å². The first-order valence-corrected chi connectivity index (χ1v) is 6.53. The second-order valence-corrected chi connectivity index (χ2v) is 5.38. The summed E-state index contributed by atoms with van der Waals surface area (Å²) in [6.45, 7) is 1.86. The Balaban J connectivity index is 2.16. The number of hydrogen-bond acceptors (Lipinski definition) is 2. The van der Waals surface area contributed by atoms with Gasteiger partial charge in [0.15, 0.2) is 0 Å². The number of hydrogen-bond donors (Lipinski definition) is 1. The summed E-state index contributed by atoms with van der Waals surface area (Å²) in [4.78, 5) is 2.07. The molecule has 2 aromatic carbocycles. The largest absolute Gasteiger partial charge is 0.385 e. The molecule has 0 aliphatic rings. The Hall–Kier alpha value is -1.80. The van der Waals surface area contributed by atoms with Gasteiger partial charge in [-0.05, 0) is 30.2 Å². The lowest BCUT2D eigenvalue weighted by Crippen LogP contribution is -2.24. The fraction of sp³-hybridized carbons (Fsp3) is 0.294. The van der Waals surface area contributed by atoms with Crippen molar-refractivity contribution in [3.8, 4) is 0 Å². The van der Waals surface area contributed by atoms with Crippen LogP contribution in [0.5, 0.6) is 0 Å². The first-order valence-electron chi connectivity index (χ1n) is 6.53. The second kappa shape index (κ2) is 5.45. The fourth-order valence-electron chi connectivity index (χ4n) is 2.21. The molecule has 0 spiro atoms. The maximum atomic E-state index is 10.6. The van der Waals surface area contributed by atoms with Gasteiger partial charge in [0.25, 0.3) is 0 Å². The molecule has 19 heavy (non-hydrogen) atoms. The van der Waals surface area contributed by atoms with E-state index in [-0.39, 0.29) is 0 Å². The predicted octanol–water partition coefficient (Wildman–Crippen LogP) is 3.20. The van der Waals surface area contributed by atoms with Crippen LogP contribution in [0.3, 0.4) is 0 Å². The summed E-state index contributed by atoms with van der Waals surface area (Å²) in [5.74, 6) is 0. The molecule has 0 bridgehead atoms. The quantitative estimate of drug-likeness (QED) is 0.907. The first-order chi connectivity index (χ1) is 8.99. The number of aliphatic hydroxyl groups is 1. The molecular formula is C17H21NO. The summed E-state index contributed by atoms with van der Waals surface area (Å²) in [5.41, 5.74) is 2.43. The van der Waals surface area contributed by atoms with E-state index in [0.717, 1.165) is 11.1 Å². The molecule has 2 heteroatoms. The van der Waals surface area contributed by atoms with Crippen LogP contribution in [0.15, 0.2) is 54.6 Å². The second-order valence-electron chi connectivity index (χ2n) is 5.38. The number of nitrogens with zero attached hydrogens (tertiary/aromatic N) is 1. The Morgan fingerprint density at radius 3 is 2.05 bits per heavy atom. The van der Waals surface area contributed by atoms with Gasteiger partial charge in [0.1, 0.15) is 0 Å². The van der Waals surface area contributed by atoms with Crippen molar-refractivity contribution in [2.45, 2.75) is 18.9 Å². The zero-order valence-electron chi connectivity index (χ0n) is 11.8. The molecule has 2 nitrogen and oxygen atoms in total. The highest BCUT2D eigenvalue weighted by Gasteiger charge is 2.23. The first kappa shape index (κ1) is 13.6. The van der Waals surface area contributed by atoms with E-state index < -0.39 is 5.60 Å². The molecule has 2 rings (SSSR count). The SMILES string of the molecule is CN(C)c1ccc(CC(C)(O)c2ccccc2)cc1. The highest BCUT2D eigenvalue weighted by atomic mass is 16.3. The van der Waals surface area contributed by atoms with Gasteiger partial charge in [0, 0.05) is 26.2 Å². The molecule has 0 aliphatic carbocycles. The van der Waals surface area contributed by atoms with E-state index >= 15 is 0 Å². The maximum Gasteiger partial charge on any atom is 0.0908 e. The highest BCUT2D eigenvalue weighted by molar-refractivity contribution is 5.46. The van der Waals surface area contributed by atoms with Crippen molar-refractivity contribution in [3.05, 3.63) is 65.7 Å². The molecule has 100 valence electrons. The average Bonchev–Trinajstić information content (AvgIpc) is 2.40. The summed E-state index contributed by atoms with van der Waals surface area (Å²) in [5, 5.41) is 10.6. The van der Waals surface area contributed by atoms with Crippen molar-refractivity contribution in [2.75, 3.05) is 19.0 Å². The topological polar surface area (TPSA) is 23.5 Å². The van der Waals surface area contributed by atoms with Crippen LogP contribution < -0.4 is 4.90 Å². The van der Waals surface area contributed by atoms with Gasteiger partial charge in [0.2, 0.25) is 0 Å². The minimum Gasteiger partial charge on any atom is -0.385 e. The molecule has 2 aromatic rings. The minimum absolute atomic E-state index is 0.616. The van der Waals surface area contributed by atoms with Crippen LogP contribution in [0.25, 0.3) is 0 Å². The zero-order valence-corrected chi connectivity index (χ0v) is 11.8. The Kier molecular flexibility index (Phi) is 3.91. The summed E-state index contributed by atoms with van der Waals surface area (Å²) in [7, 11) is 4.05. The van der Waals surface area contributed by atoms with Crippen LogP contribution in [0, 0.1) is 0 Å². The van der Waals surface area contributed by atoms with Gasteiger partial charge < -0.3 is 10.0 Å². The summed E-state index contributed by atoms with van der Waals surface area (Å²) in [6.07, 6.45) is 0.616. The summed E-state index contributed by atoms with van der Waals surface area (Å²) in [6, 6.07) is 18.1. The Morgan fingerprint density at radius 1 is 0.947 bits per heavy atom. The fourth-order valence-corrected chi connectivity index (χ4v) is 2.21. The third-order valence-electron chi connectivity index (χ3n) is 3.40. The minimum atomic E-state index is -0.832. The molecule has 1 N–H and O–H groups in total. The molecule has 0 saturated carbocycles. The monoisotopic (exact) mass is 255 g/mol. The van der Waals surface area contributed by atoms with Gasteiger partial charge in [-0.15, -0.1) is 0 Å². The van der Waals surface area contributed by atoms with Crippen molar-refractivity contribution >= 4 is 5.69 Å². The van der Waals surface area contributed by atoms with E-state index in [0.29, 0.717) is 6.42 Å². The van der Waals surface area contributed by atoms with Crippen LogP contribution >= 0.6 is 0 Å². The zero-order chi connectivity index (χ0) is 13.9. The van der Waals surface area contributed by atoms with E-state index in [1.54, 1.807) is 0 Å². The molecule has 0 radical (unpaired) electrons. The molecular weight excluding hydrogens is 234 g/mol. The van der Waals surface area contributed by atoms with E-state index in [1.165, 1.54) is 5.69 Å². The van der Waals surface area contributed by atoms with Gasteiger partial charge in [-0.3, -0.25) is 0 Å². The number of benzene rings is 2. The van der Waals surface area contributed by atoms with Crippen molar-refractivity contribution in [2.24, 2.45) is 0 Å². The summed E-state index contributed by atoms with van der Waals surface area (Å²) >= 11 is 0. The predicted molar refractivity (Wildman–Crippen MR) is 80.5 cm³/mol. The molecule has 0 fully saturated rings. The smallest absolute Gasteiger partial charge is 0.0908 e. The van der Waals surface area contributed by atoms with E-state index in [2.05, 4.69) is 29.2 Å². The maximum absolute atomic E-state index is 10.6. The Bertz CT molecular complexity index is 515. The van der Waals surface area contributed by atoms with Gasteiger partial charge >= 0.3 is 0 Å². The molecule has 0 amide bonds. The van der Waals surface area contributed by atoms with E-state index in [9.17, 15) is 5.11 Å². The number of rotatable bonds is 4. The molecule has 0 heterocycles. The van der Waals surface area contributed by atoms with Crippen LogP contribution in [0.4, 0.5) is 5.69 Å². The van der Waals surface area contributed by atoms with Crippen molar-refractivity contribution in [1.82, 2.24) is 0 Å². The lowest BCUT2D eigenvalue weighted by molar-refractivity contribution is 0.0576. The standard InChI is InChI=1S/C17H21NO/c1-17(19,15-7-5-4-6-8-15)13-14-9-11-16(12-10-14)18(2)3/h4-12,19H,13H2,1-3H3. The van der Waals surface area contributed by atoms with Crippen molar-refractivity contribution in [3.63, 3.8) is 0 Å². The van der Waals surface area contributed by atoms with Gasteiger partial charge in [0.05, 0.1) is 5.60 Å². The van der Waals surface area contributed by atoms with Crippen LogP contribution in [0.2, 0.25) is 0 Å². The third-order valence-corrected chi connectivity index (χ3v) is 3.40. The highest BCUT2D eigenvalue weighted by Crippen LogP contribution is 2.25. The molecule has 1 atom stereocenters. The lowest BCUT2D eigenvalue weighted by Gasteiger charge is -2.24. The van der Waals surface area contributed by atoms with Crippen LogP contribution in [-0.2, 0) is 12.0 Å².